The van der Waals surface area contributed by atoms with E-state index in [1.54, 1.807) is 24.4 Å². The van der Waals surface area contributed by atoms with Gasteiger partial charge in [0.2, 0.25) is 5.28 Å². The molecule has 1 aromatic heterocycles. The summed E-state index contributed by atoms with van der Waals surface area (Å²) in [5.41, 5.74) is 3.00. The van der Waals surface area contributed by atoms with Gasteiger partial charge < -0.3 is 4.74 Å². The van der Waals surface area contributed by atoms with Crippen LogP contribution in [0.15, 0.2) is 60.8 Å². The molecule has 5 heteroatoms. The molecule has 0 bridgehead atoms. The number of aromatic nitrogens is 2. The zero-order chi connectivity index (χ0) is 17.6. The Labute approximate surface area is 151 Å². The van der Waals surface area contributed by atoms with Crippen LogP contribution in [0.5, 0.6) is 5.75 Å². The van der Waals surface area contributed by atoms with Crippen molar-refractivity contribution in [3.05, 3.63) is 77.2 Å². The minimum absolute atomic E-state index is 0.104. The molecule has 0 aliphatic carbocycles. The van der Waals surface area contributed by atoms with Crippen LogP contribution in [0.25, 0.3) is 11.3 Å². The Morgan fingerprint density at radius 3 is 2.64 bits per heavy atom. The Hall–Kier alpha value is -2.90. The maximum absolute atomic E-state index is 9.51. The fraction of sp³-hybridized carbons (Fsp3) is 0.150. The highest BCUT2D eigenvalue weighted by atomic mass is 35.5. The molecule has 1 atom stereocenters. The molecular weight excluding hydrogens is 334 g/mol. The molecule has 0 aliphatic heterocycles. The van der Waals surface area contributed by atoms with Gasteiger partial charge in [0.15, 0.2) is 0 Å². The van der Waals surface area contributed by atoms with Gasteiger partial charge in [0.25, 0.3) is 0 Å². The monoisotopic (exact) mass is 349 g/mol. The van der Waals surface area contributed by atoms with E-state index in [0.29, 0.717) is 17.0 Å². The Kier molecular flexibility index (Phi) is 5.27. The molecule has 2 aromatic carbocycles. The topological polar surface area (TPSA) is 58.8 Å². The van der Waals surface area contributed by atoms with Crippen LogP contribution in [0.4, 0.5) is 0 Å². The molecule has 4 nitrogen and oxygen atoms in total. The molecule has 1 unspecified atom stereocenters. The third-order valence-electron chi connectivity index (χ3n) is 3.83. The summed E-state index contributed by atoms with van der Waals surface area (Å²) in [5.74, 6) is 0.558. The molecule has 0 spiro atoms. The first-order valence-electron chi connectivity index (χ1n) is 7.96. The van der Waals surface area contributed by atoms with Gasteiger partial charge in [-0.1, -0.05) is 37.3 Å². The lowest BCUT2D eigenvalue weighted by Gasteiger charge is -2.19. The first kappa shape index (κ1) is 16.9. The van der Waals surface area contributed by atoms with Gasteiger partial charge in [-0.2, -0.15) is 5.26 Å². The third kappa shape index (κ3) is 3.96. The van der Waals surface area contributed by atoms with Gasteiger partial charge in [-0.15, -0.1) is 0 Å². The first-order chi connectivity index (χ1) is 12.2. The number of nitrogens with zero attached hydrogens (tertiary/aromatic N) is 3. The van der Waals surface area contributed by atoms with E-state index in [9.17, 15) is 5.26 Å². The predicted octanol–water partition coefficient (Wildman–Crippen LogP) is 5.20. The molecule has 0 N–H and O–H groups in total. The highest BCUT2D eigenvalue weighted by Gasteiger charge is 2.14. The Bertz CT molecular complexity index is 906. The summed E-state index contributed by atoms with van der Waals surface area (Å²) in [7, 11) is 0. The first-order valence-corrected chi connectivity index (χ1v) is 8.33. The second kappa shape index (κ2) is 7.78. The van der Waals surface area contributed by atoms with Gasteiger partial charge in [-0.25, -0.2) is 9.97 Å². The van der Waals surface area contributed by atoms with Crippen molar-refractivity contribution in [1.82, 2.24) is 9.97 Å². The molecule has 0 radical (unpaired) electrons. The molecule has 124 valence electrons. The Morgan fingerprint density at radius 1 is 1.16 bits per heavy atom. The molecule has 3 rings (SSSR count). The van der Waals surface area contributed by atoms with Crippen molar-refractivity contribution in [2.75, 3.05) is 0 Å². The Morgan fingerprint density at radius 2 is 1.96 bits per heavy atom. The van der Waals surface area contributed by atoms with Gasteiger partial charge in [0.1, 0.15) is 17.9 Å². The van der Waals surface area contributed by atoms with E-state index in [4.69, 9.17) is 16.3 Å². The van der Waals surface area contributed by atoms with Crippen molar-refractivity contribution in [2.45, 2.75) is 19.4 Å². The Balaban J connectivity index is 1.91. The molecule has 0 amide bonds. The lowest BCUT2D eigenvalue weighted by atomic mass is 10.1. The quantitative estimate of drug-likeness (QED) is 0.594. The fourth-order valence-electron chi connectivity index (χ4n) is 2.58. The van der Waals surface area contributed by atoms with Crippen molar-refractivity contribution >= 4 is 11.6 Å². The summed E-state index contributed by atoms with van der Waals surface area (Å²) in [6.07, 6.45) is 2.29. The van der Waals surface area contributed by atoms with E-state index in [2.05, 4.69) is 23.0 Å². The van der Waals surface area contributed by atoms with E-state index in [1.807, 2.05) is 36.4 Å². The van der Waals surface area contributed by atoms with Crippen LogP contribution in [0, 0.1) is 11.3 Å². The number of hydrogen-bond acceptors (Lipinski definition) is 4. The highest BCUT2D eigenvalue weighted by Crippen LogP contribution is 2.30. The normalized spacial score (nSPS) is 11.6. The van der Waals surface area contributed by atoms with Crippen molar-refractivity contribution < 1.29 is 4.74 Å². The predicted molar refractivity (Wildman–Crippen MR) is 97.3 cm³/mol. The number of rotatable bonds is 5. The summed E-state index contributed by atoms with van der Waals surface area (Å²) in [4.78, 5) is 8.05. The summed E-state index contributed by atoms with van der Waals surface area (Å²) in [6.45, 7) is 2.06. The zero-order valence-electron chi connectivity index (χ0n) is 13.7. The summed E-state index contributed by atoms with van der Waals surface area (Å²) >= 11 is 5.84. The van der Waals surface area contributed by atoms with E-state index >= 15 is 0 Å². The molecule has 0 saturated carbocycles. The second-order valence-electron chi connectivity index (χ2n) is 5.46. The fourth-order valence-corrected chi connectivity index (χ4v) is 2.73. The van der Waals surface area contributed by atoms with Crippen LogP contribution in [0.3, 0.4) is 0 Å². The number of hydrogen-bond donors (Lipinski definition) is 0. The van der Waals surface area contributed by atoms with Gasteiger partial charge in [0.05, 0.1) is 11.3 Å². The molecule has 0 aliphatic rings. The van der Waals surface area contributed by atoms with Crippen LogP contribution in [0.2, 0.25) is 5.28 Å². The van der Waals surface area contributed by atoms with Gasteiger partial charge in [0, 0.05) is 11.8 Å². The maximum Gasteiger partial charge on any atom is 0.222 e. The van der Waals surface area contributed by atoms with Crippen LogP contribution in [0.1, 0.15) is 30.6 Å². The molecule has 1 heterocycles. The average Bonchev–Trinajstić information content (AvgIpc) is 2.66. The van der Waals surface area contributed by atoms with Crippen molar-refractivity contribution in [3.8, 4) is 23.1 Å². The van der Waals surface area contributed by atoms with Crippen LogP contribution in [-0.4, -0.2) is 9.97 Å². The van der Waals surface area contributed by atoms with Crippen molar-refractivity contribution in [3.63, 3.8) is 0 Å². The lowest BCUT2D eigenvalue weighted by molar-refractivity contribution is 0.201. The smallest absolute Gasteiger partial charge is 0.222 e. The van der Waals surface area contributed by atoms with Crippen LogP contribution < -0.4 is 4.74 Å². The minimum Gasteiger partial charge on any atom is -0.484 e. The average molecular weight is 350 g/mol. The SMILES string of the molecule is CCC(Oc1ccc(-c2ccnc(Cl)n2)cc1C#N)c1ccccc1. The van der Waals surface area contributed by atoms with E-state index in [0.717, 1.165) is 17.5 Å². The minimum atomic E-state index is -0.104. The lowest BCUT2D eigenvalue weighted by Crippen LogP contribution is -2.07. The van der Waals surface area contributed by atoms with Crippen LogP contribution in [-0.2, 0) is 0 Å². The molecule has 0 fully saturated rings. The zero-order valence-corrected chi connectivity index (χ0v) is 14.4. The van der Waals surface area contributed by atoms with Gasteiger partial charge in [-0.05, 0) is 47.9 Å². The van der Waals surface area contributed by atoms with E-state index in [1.165, 1.54) is 0 Å². The second-order valence-corrected chi connectivity index (χ2v) is 5.80. The van der Waals surface area contributed by atoms with E-state index in [-0.39, 0.29) is 11.4 Å². The number of ether oxygens (including phenoxy) is 1. The molecule has 25 heavy (non-hydrogen) atoms. The highest BCUT2D eigenvalue weighted by molar-refractivity contribution is 6.28. The summed E-state index contributed by atoms with van der Waals surface area (Å²) < 4.78 is 6.11. The number of nitriles is 1. The molecule has 3 aromatic rings. The molecule has 0 saturated heterocycles. The standard InChI is InChI=1S/C20H16ClN3O/c1-2-18(14-6-4-3-5-7-14)25-19-9-8-15(12-16(19)13-22)17-10-11-23-20(21)24-17/h3-12,18H,2H2,1H3. The molecular formula is C20H16ClN3O. The number of halogens is 1. The van der Waals surface area contributed by atoms with Gasteiger partial charge >= 0.3 is 0 Å². The maximum atomic E-state index is 9.51. The number of benzene rings is 2. The third-order valence-corrected chi connectivity index (χ3v) is 4.02. The van der Waals surface area contributed by atoms with E-state index < -0.39 is 0 Å². The van der Waals surface area contributed by atoms with Gasteiger partial charge in [-0.3, -0.25) is 0 Å². The van der Waals surface area contributed by atoms with Crippen LogP contribution >= 0.6 is 11.6 Å². The largest absolute Gasteiger partial charge is 0.484 e. The van der Waals surface area contributed by atoms with Crippen molar-refractivity contribution in [1.29, 1.82) is 5.26 Å². The summed E-state index contributed by atoms with van der Waals surface area (Å²) in [5, 5.41) is 9.68. The van der Waals surface area contributed by atoms with Crippen molar-refractivity contribution in [2.24, 2.45) is 0 Å². The summed E-state index contributed by atoms with van der Waals surface area (Å²) in [6, 6.07) is 19.4.